The Hall–Kier alpha value is -2.47. The average molecular weight is 330 g/mol. The average Bonchev–Trinajstić information content (AvgIpc) is 2.58. The van der Waals surface area contributed by atoms with Crippen molar-refractivity contribution in [2.75, 3.05) is 31.1 Å². The second kappa shape index (κ2) is 6.97. The van der Waals surface area contributed by atoms with Gasteiger partial charge >= 0.3 is 0 Å². The van der Waals surface area contributed by atoms with Gasteiger partial charge in [0.2, 0.25) is 0 Å². The molecule has 0 saturated carbocycles. The Labute approximate surface area is 140 Å². The third-order valence-corrected chi connectivity index (χ3v) is 4.65. The lowest BCUT2D eigenvalue weighted by Crippen LogP contribution is -3.13. The van der Waals surface area contributed by atoms with E-state index in [2.05, 4.69) is 25.1 Å². The lowest BCUT2D eigenvalue weighted by atomic mass is 10.1. The number of piperazine rings is 1. The molecule has 1 aliphatic rings. The first-order chi connectivity index (χ1) is 11.5. The minimum atomic E-state index is -0.575. The monoisotopic (exact) mass is 330 g/mol. The molecule has 24 heavy (non-hydrogen) atoms. The molecule has 6 heteroatoms. The highest BCUT2D eigenvalue weighted by molar-refractivity contribution is 5.63. The minimum Gasteiger partial charge on any atom is -0.355 e. The molecule has 1 N–H and O–H groups in total. The molecule has 5 nitrogen and oxygen atoms in total. The molecule has 2 aromatic rings. The zero-order chi connectivity index (χ0) is 17.1. The first-order valence-corrected chi connectivity index (χ1v) is 8.11. The summed E-state index contributed by atoms with van der Waals surface area (Å²) < 4.78 is 13.3. The number of hydrogen-bond acceptors (Lipinski definition) is 3. The number of hydrogen-bond donors (Lipinski definition) is 1. The van der Waals surface area contributed by atoms with E-state index in [1.165, 1.54) is 28.2 Å². The van der Waals surface area contributed by atoms with E-state index >= 15 is 0 Å². The molecule has 0 spiro atoms. The Balaban J connectivity index is 1.67. The van der Waals surface area contributed by atoms with Crippen LogP contribution in [-0.2, 0) is 6.54 Å². The van der Waals surface area contributed by atoms with E-state index in [0.717, 1.165) is 38.8 Å². The highest BCUT2D eigenvalue weighted by Gasteiger charge is 2.26. The number of nitro benzene ring substituents is 1. The summed E-state index contributed by atoms with van der Waals surface area (Å²) in [6, 6.07) is 12.2. The van der Waals surface area contributed by atoms with Gasteiger partial charge in [0, 0.05) is 5.56 Å². The first-order valence-electron chi connectivity index (χ1n) is 8.11. The van der Waals surface area contributed by atoms with Crippen molar-refractivity contribution in [2.24, 2.45) is 0 Å². The molecule has 0 radical (unpaired) electrons. The van der Waals surface area contributed by atoms with E-state index < -0.39 is 10.7 Å². The molecule has 0 unspecified atom stereocenters. The van der Waals surface area contributed by atoms with Crippen molar-refractivity contribution < 1.29 is 14.2 Å². The quantitative estimate of drug-likeness (QED) is 0.689. The summed E-state index contributed by atoms with van der Waals surface area (Å²) in [5.41, 5.74) is 2.99. The van der Waals surface area contributed by atoms with Gasteiger partial charge in [0.1, 0.15) is 18.0 Å². The van der Waals surface area contributed by atoms with Gasteiger partial charge in [-0.25, -0.2) is 4.39 Å². The first kappa shape index (κ1) is 16.4. The van der Waals surface area contributed by atoms with Crippen LogP contribution in [0.3, 0.4) is 0 Å². The van der Waals surface area contributed by atoms with E-state index in [1.54, 1.807) is 0 Å². The molecule has 126 valence electrons. The predicted octanol–water partition coefficient (Wildman–Crippen LogP) is 1.95. The van der Waals surface area contributed by atoms with Crippen LogP contribution in [0, 0.1) is 22.9 Å². The van der Waals surface area contributed by atoms with Gasteiger partial charge in [0.05, 0.1) is 37.2 Å². The van der Waals surface area contributed by atoms with Gasteiger partial charge in [0.15, 0.2) is 0 Å². The van der Waals surface area contributed by atoms with Crippen molar-refractivity contribution in [1.29, 1.82) is 0 Å². The third kappa shape index (κ3) is 3.54. The Morgan fingerprint density at radius 3 is 2.58 bits per heavy atom. The number of rotatable bonds is 4. The molecule has 0 amide bonds. The maximum atomic E-state index is 13.3. The van der Waals surface area contributed by atoms with Gasteiger partial charge < -0.3 is 9.80 Å². The fourth-order valence-electron chi connectivity index (χ4n) is 3.23. The van der Waals surface area contributed by atoms with Crippen LogP contribution in [0.1, 0.15) is 11.1 Å². The topological polar surface area (TPSA) is 50.8 Å². The Morgan fingerprint density at radius 1 is 1.21 bits per heavy atom. The van der Waals surface area contributed by atoms with Crippen LogP contribution in [0.5, 0.6) is 0 Å². The van der Waals surface area contributed by atoms with Gasteiger partial charge in [-0.1, -0.05) is 24.3 Å². The van der Waals surface area contributed by atoms with Crippen LogP contribution in [0.15, 0.2) is 42.5 Å². The van der Waals surface area contributed by atoms with Gasteiger partial charge in [-0.3, -0.25) is 10.1 Å². The molecular formula is C18H21FN3O2+. The second-order valence-corrected chi connectivity index (χ2v) is 6.23. The van der Waals surface area contributed by atoms with Crippen molar-refractivity contribution in [3.8, 4) is 0 Å². The Kier molecular flexibility index (Phi) is 4.76. The van der Waals surface area contributed by atoms with Crippen LogP contribution in [0.25, 0.3) is 0 Å². The van der Waals surface area contributed by atoms with Crippen LogP contribution in [0.4, 0.5) is 15.8 Å². The Bertz CT molecular complexity index is 743. The minimum absolute atomic E-state index is 0.155. The van der Waals surface area contributed by atoms with Crippen molar-refractivity contribution in [1.82, 2.24) is 0 Å². The molecule has 1 heterocycles. The molecule has 0 aliphatic carbocycles. The smallest absolute Gasteiger partial charge is 0.295 e. The van der Waals surface area contributed by atoms with Crippen LogP contribution >= 0.6 is 0 Å². The largest absolute Gasteiger partial charge is 0.355 e. The van der Waals surface area contributed by atoms with E-state index in [1.807, 2.05) is 11.0 Å². The molecule has 2 aromatic carbocycles. The number of nitro groups is 1. The standard InChI is InChI=1S/C18H20FN3O2/c1-14-4-2-3-5-15(14)13-20-8-10-21(11-9-20)17-7-6-16(19)12-18(17)22(23)24/h2-7,12H,8-11,13H2,1H3/p+1. The molecular weight excluding hydrogens is 309 g/mol. The van der Waals surface area contributed by atoms with Crippen molar-refractivity contribution in [3.05, 3.63) is 69.5 Å². The number of benzene rings is 2. The zero-order valence-electron chi connectivity index (χ0n) is 13.7. The van der Waals surface area contributed by atoms with Crippen LogP contribution < -0.4 is 9.80 Å². The van der Waals surface area contributed by atoms with Gasteiger partial charge in [-0.15, -0.1) is 0 Å². The van der Waals surface area contributed by atoms with Gasteiger partial charge in [-0.05, 0) is 24.6 Å². The van der Waals surface area contributed by atoms with E-state index in [4.69, 9.17) is 0 Å². The van der Waals surface area contributed by atoms with E-state index in [0.29, 0.717) is 5.69 Å². The summed E-state index contributed by atoms with van der Waals surface area (Å²) in [6.45, 7) is 6.35. The van der Waals surface area contributed by atoms with Gasteiger partial charge in [0.25, 0.3) is 5.69 Å². The lowest BCUT2D eigenvalue weighted by molar-refractivity contribution is -0.914. The zero-order valence-corrected chi connectivity index (χ0v) is 13.7. The summed E-state index contributed by atoms with van der Waals surface area (Å²) in [5.74, 6) is -0.575. The number of nitrogens with one attached hydrogen (secondary N) is 1. The summed E-state index contributed by atoms with van der Waals surface area (Å²) in [6.07, 6.45) is 0. The highest BCUT2D eigenvalue weighted by Crippen LogP contribution is 2.28. The molecule has 1 aliphatic heterocycles. The SMILES string of the molecule is Cc1ccccc1C[NH+]1CCN(c2ccc(F)cc2[N+](=O)[O-])CC1. The molecule has 0 atom stereocenters. The molecule has 1 fully saturated rings. The molecule has 3 rings (SSSR count). The van der Waals surface area contributed by atoms with Crippen LogP contribution in [0.2, 0.25) is 0 Å². The van der Waals surface area contributed by atoms with E-state index in [9.17, 15) is 14.5 Å². The maximum absolute atomic E-state index is 13.3. The van der Waals surface area contributed by atoms with E-state index in [-0.39, 0.29) is 5.69 Å². The van der Waals surface area contributed by atoms with Gasteiger partial charge in [-0.2, -0.15) is 0 Å². The number of nitrogens with zero attached hydrogens (tertiary/aromatic N) is 2. The number of aryl methyl sites for hydroxylation is 1. The number of anilines is 1. The second-order valence-electron chi connectivity index (χ2n) is 6.23. The Morgan fingerprint density at radius 2 is 1.92 bits per heavy atom. The van der Waals surface area contributed by atoms with Crippen molar-refractivity contribution >= 4 is 11.4 Å². The van der Waals surface area contributed by atoms with Crippen LogP contribution in [-0.4, -0.2) is 31.1 Å². The molecule has 0 bridgehead atoms. The van der Waals surface area contributed by atoms with Crippen molar-refractivity contribution in [2.45, 2.75) is 13.5 Å². The highest BCUT2D eigenvalue weighted by atomic mass is 19.1. The number of quaternary nitrogens is 1. The fourth-order valence-corrected chi connectivity index (χ4v) is 3.23. The summed E-state index contributed by atoms with van der Waals surface area (Å²) >= 11 is 0. The molecule has 0 aromatic heterocycles. The summed E-state index contributed by atoms with van der Waals surface area (Å²) in [4.78, 5) is 14.1. The fraction of sp³-hybridized carbons (Fsp3) is 0.333. The normalized spacial score (nSPS) is 15.5. The lowest BCUT2D eigenvalue weighted by Gasteiger charge is -2.33. The number of halogens is 1. The summed E-state index contributed by atoms with van der Waals surface area (Å²) in [5, 5.41) is 11.2. The third-order valence-electron chi connectivity index (χ3n) is 4.65. The summed E-state index contributed by atoms with van der Waals surface area (Å²) in [7, 11) is 0. The van der Waals surface area contributed by atoms with Crippen molar-refractivity contribution in [3.63, 3.8) is 0 Å². The molecule has 1 saturated heterocycles. The predicted molar refractivity (Wildman–Crippen MR) is 90.8 cm³/mol. The maximum Gasteiger partial charge on any atom is 0.295 e.